The van der Waals surface area contributed by atoms with Gasteiger partial charge in [-0.1, -0.05) is 10.1 Å². The number of aromatic hydroxyl groups is 2. The molecule has 26 heteroatoms. The Morgan fingerprint density at radius 1 is 0.729 bits per heavy atom. The Morgan fingerprint density at radius 2 is 1.31 bits per heavy atom. The Kier molecular flexibility index (Phi) is 11.1. The Labute approximate surface area is 274 Å². The Balaban J connectivity index is 1.98. The number of phenols is 2. The number of nitro groups is 1. The van der Waals surface area contributed by atoms with Crippen molar-refractivity contribution in [1.29, 1.82) is 0 Å². The largest absolute Gasteiger partial charge is 0.505 e. The minimum absolute atomic E-state index is 0.0853. The second kappa shape index (κ2) is 14.7. The van der Waals surface area contributed by atoms with Gasteiger partial charge < -0.3 is 15.9 Å². The molecule has 22 nitrogen and oxygen atoms in total. The van der Waals surface area contributed by atoms with E-state index in [4.69, 9.17) is 16.2 Å². The second-order valence-electron chi connectivity index (χ2n) is 8.68. The van der Waals surface area contributed by atoms with Crippen LogP contribution in [0.25, 0.3) is 10.8 Å². The highest BCUT2D eigenvalue weighted by Gasteiger charge is 2.27. The zero-order valence-corrected chi connectivity index (χ0v) is 26.1. The van der Waals surface area contributed by atoms with Crippen LogP contribution in [0.4, 0.5) is 34.1 Å². The zero-order chi connectivity index (χ0) is 35.4. The van der Waals surface area contributed by atoms with Gasteiger partial charge in [0.15, 0.2) is 11.5 Å². The van der Waals surface area contributed by atoms with Crippen molar-refractivity contribution in [2.24, 2.45) is 20.5 Å². The molecule has 0 fully saturated rings. The summed E-state index contributed by atoms with van der Waals surface area (Å²) >= 11 is 0.361. The lowest BCUT2D eigenvalue weighted by Gasteiger charge is -2.14. The topological polar surface area (TPSA) is 345 Å². The Hall–Kier alpha value is -4.58. The Bertz CT molecular complexity index is 2200. The first kappa shape index (κ1) is 36.3. The van der Waals surface area contributed by atoms with Crippen LogP contribution in [0.15, 0.2) is 88.6 Å². The zero-order valence-electron chi connectivity index (χ0n) is 22.8. The minimum atomic E-state index is -5.19. The number of benzene rings is 4. The van der Waals surface area contributed by atoms with E-state index in [1.54, 1.807) is 0 Å². The molecule has 0 heterocycles. The van der Waals surface area contributed by atoms with E-state index in [1.165, 1.54) is 6.07 Å². The summed E-state index contributed by atoms with van der Waals surface area (Å²) in [6.45, 7) is 0. The molecule has 0 unspecified atom stereocenters. The van der Waals surface area contributed by atoms with E-state index >= 15 is 0 Å². The van der Waals surface area contributed by atoms with Crippen molar-refractivity contribution in [3.8, 4) is 11.5 Å². The average molecular weight is 749 g/mol. The van der Waals surface area contributed by atoms with E-state index in [9.17, 15) is 46.3 Å². The lowest BCUT2D eigenvalue weighted by Crippen LogP contribution is -2.00. The minimum Gasteiger partial charge on any atom is -0.505 e. The third kappa shape index (κ3) is 8.10. The van der Waals surface area contributed by atoms with Crippen LogP contribution in [0.3, 0.4) is 0 Å². The van der Waals surface area contributed by atoms with Crippen molar-refractivity contribution in [3.05, 3.63) is 58.6 Å². The summed E-state index contributed by atoms with van der Waals surface area (Å²) in [5.41, 5.74) is 2.94. The predicted molar refractivity (Wildman–Crippen MR) is 161 cm³/mol. The van der Waals surface area contributed by atoms with Crippen LogP contribution in [-0.4, -0.2) is 51.6 Å². The van der Waals surface area contributed by atoms with Gasteiger partial charge in [-0.05, 0) is 36.4 Å². The molecule has 4 aromatic carbocycles. The molecule has 0 spiro atoms. The van der Waals surface area contributed by atoms with Crippen molar-refractivity contribution < 1.29 is 70.3 Å². The number of rotatable bonds is 13. The summed E-state index contributed by atoms with van der Waals surface area (Å²) < 4.78 is 76.8. The average Bonchev–Trinajstić information content (AvgIpc) is 3.01. The molecule has 0 saturated heterocycles. The van der Waals surface area contributed by atoms with Crippen LogP contribution in [0.5, 0.6) is 11.5 Å². The number of nitrogens with two attached hydrogens (primary N) is 1. The van der Waals surface area contributed by atoms with E-state index in [0.717, 1.165) is 36.4 Å². The van der Waals surface area contributed by atoms with Gasteiger partial charge in [0.25, 0.3) is 25.9 Å². The number of azo groups is 2. The first-order valence-electron chi connectivity index (χ1n) is 11.9. The summed E-state index contributed by atoms with van der Waals surface area (Å²) in [5, 5.41) is 71.3. The Morgan fingerprint density at radius 3 is 1.92 bits per heavy atom. The molecule has 4 rings (SSSR count). The maximum atomic E-state index is 12.4. The van der Waals surface area contributed by atoms with Gasteiger partial charge in [-0.2, -0.15) is 16.8 Å². The fourth-order valence-electron chi connectivity index (χ4n) is 3.82. The molecule has 0 saturated carbocycles. The van der Waals surface area contributed by atoms with Gasteiger partial charge in [-0.25, -0.2) is 10.5 Å². The van der Waals surface area contributed by atoms with Crippen LogP contribution in [0, 0.1) is 10.1 Å². The number of fused-ring (bicyclic) bond motifs is 1. The number of nitrogen functional groups attached to an aromatic ring is 1. The first-order chi connectivity index (χ1) is 22.6. The van der Waals surface area contributed by atoms with E-state index in [0.29, 0.717) is 6.07 Å². The third-order valence-corrected chi connectivity index (χ3v) is 8.81. The van der Waals surface area contributed by atoms with Gasteiger partial charge in [0.1, 0.15) is 32.5 Å². The van der Waals surface area contributed by atoms with Gasteiger partial charge in [0.05, 0.1) is 44.2 Å². The van der Waals surface area contributed by atoms with Crippen LogP contribution in [0.2, 0.25) is 0 Å². The number of hydrogen-bond acceptors (Lipinski definition) is 21. The summed E-state index contributed by atoms with van der Waals surface area (Å²) in [4.78, 5) is 8.05. The summed E-state index contributed by atoms with van der Waals surface area (Å²) in [7, 11) is -10.1. The number of nitrogens with zero attached hydrogens (tertiary/aromatic N) is 5. The lowest BCUT2D eigenvalue weighted by molar-refractivity contribution is -0.432. The quantitative estimate of drug-likeness (QED) is 0.0158. The highest BCUT2D eigenvalue weighted by Crippen LogP contribution is 2.51. The standard InChI is InChI=1S/C22H16N6O16S4/c23-9-1-3-13(18(5-9)48(38,39)40)25-27-20-16(46-44-42-34)7-11-17(47(35,36)37)8-14(21(29)19(11)22(20)30)26-24-12-4-2-10(28(31)32)6-15(12)45-43-41-33/h1-8,29-30,33-34H,23H2,(H,35,36,37)(H,38,39,40). The van der Waals surface area contributed by atoms with Crippen molar-refractivity contribution in [2.75, 3.05) is 5.73 Å². The normalized spacial score (nSPS) is 12.4. The van der Waals surface area contributed by atoms with E-state index in [-0.39, 0.29) is 40.4 Å². The SMILES string of the molecule is Nc1ccc(N=Nc2c(SOOO)cc3c(S(=O)(=O)O)cc(N=Nc4ccc([N+](=O)[O-])cc4SOOO)c(O)c3c2O)c(S(=O)(=O)O)c1. The molecular weight excluding hydrogens is 733 g/mol. The molecule has 0 aromatic heterocycles. The first-order valence-corrected chi connectivity index (χ1v) is 16.2. The molecule has 4 aromatic rings. The number of nitro benzene ring substituents is 1. The van der Waals surface area contributed by atoms with Crippen LogP contribution in [-0.2, 0) is 39.0 Å². The number of anilines is 1. The molecule has 0 radical (unpaired) electrons. The van der Waals surface area contributed by atoms with Gasteiger partial charge in [0, 0.05) is 23.2 Å². The van der Waals surface area contributed by atoms with Crippen molar-refractivity contribution in [3.63, 3.8) is 0 Å². The molecule has 0 aliphatic rings. The smallest absolute Gasteiger partial charge is 0.296 e. The third-order valence-electron chi connectivity index (χ3n) is 5.78. The lowest BCUT2D eigenvalue weighted by atomic mass is 10.1. The maximum Gasteiger partial charge on any atom is 0.296 e. The predicted octanol–water partition coefficient (Wildman–Crippen LogP) is 5.92. The van der Waals surface area contributed by atoms with Crippen molar-refractivity contribution in [1.82, 2.24) is 0 Å². The number of phenolic OH excluding ortho intramolecular Hbond substituents is 2. The molecule has 48 heavy (non-hydrogen) atoms. The van der Waals surface area contributed by atoms with E-state index in [2.05, 4.69) is 39.2 Å². The fourth-order valence-corrected chi connectivity index (χ4v) is 6.13. The van der Waals surface area contributed by atoms with Gasteiger partial charge in [-0.15, -0.1) is 29.1 Å². The molecule has 0 aliphatic heterocycles. The fraction of sp³-hybridized carbons (Fsp3) is 0. The summed E-state index contributed by atoms with van der Waals surface area (Å²) in [6.07, 6.45) is 0. The monoisotopic (exact) mass is 748 g/mol. The van der Waals surface area contributed by atoms with E-state index < -0.39 is 84.9 Å². The molecular formula is C22H16N6O16S4. The molecule has 0 bridgehead atoms. The number of hydrogen-bond donors (Lipinski definition) is 7. The molecule has 0 amide bonds. The molecule has 0 atom stereocenters. The number of non-ortho nitro benzene ring substituents is 1. The summed E-state index contributed by atoms with van der Waals surface area (Å²) in [5.74, 6) is -2.06. The molecule has 8 N–H and O–H groups in total. The van der Waals surface area contributed by atoms with Crippen molar-refractivity contribution in [2.45, 2.75) is 19.6 Å². The van der Waals surface area contributed by atoms with Crippen LogP contribution in [0.1, 0.15) is 0 Å². The van der Waals surface area contributed by atoms with E-state index in [1.807, 2.05) is 0 Å². The summed E-state index contributed by atoms with van der Waals surface area (Å²) in [6, 6.07) is 7.59. The second-order valence-corrected chi connectivity index (χ2v) is 12.9. The van der Waals surface area contributed by atoms with Crippen LogP contribution < -0.4 is 5.73 Å². The van der Waals surface area contributed by atoms with Gasteiger partial charge in [-0.3, -0.25) is 19.2 Å². The van der Waals surface area contributed by atoms with Gasteiger partial charge >= 0.3 is 0 Å². The molecule has 0 aliphatic carbocycles. The van der Waals surface area contributed by atoms with Gasteiger partial charge in [0.2, 0.25) is 0 Å². The highest BCUT2D eigenvalue weighted by molar-refractivity contribution is 7.95. The molecule has 254 valence electrons. The van der Waals surface area contributed by atoms with Crippen LogP contribution >= 0.6 is 24.1 Å². The maximum absolute atomic E-state index is 12.4. The highest BCUT2D eigenvalue weighted by atomic mass is 32.2. The van der Waals surface area contributed by atoms with Crippen molar-refractivity contribution >= 4 is 89.2 Å².